The Morgan fingerprint density at radius 2 is 1.39 bits per heavy atom. The first-order valence-electron chi connectivity index (χ1n) is 11.3. The lowest BCUT2D eigenvalue weighted by atomic mass is 9.78. The van der Waals surface area contributed by atoms with Crippen molar-refractivity contribution >= 4 is 13.8 Å². The second-order valence-electron chi connectivity index (χ2n) is 11.9. The SMILES string of the molecule is CC(C)(C)OC(=O)Cc1cccc(OP(=O)(OC(C)(C)C)OC(C)(C)C)c1C(C)(C)CCO. The maximum atomic E-state index is 13.8. The predicted molar refractivity (Wildman–Crippen MR) is 131 cm³/mol. The van der Waals surface area contributed by atoms with E-state index in [2.05, 4.69) is 0 Å². The van der Waals surface area contributed by atoms with E-state index >= 15 is 0 Å². The van der Waals surface area contributed by atoms with Crippen LogP contribution < -0.4 is 4.52 Å². The fraction of sp³-hybridized carbons (Fsp3) is 0.720. The fourth-order valence-corrected chi connectivity index (χ4v) is 5.20. The highest BCUT2D eigenvalue weighted by molar-refractivity contribution is 7.49. The molecule has 0 heterocycles. The van der Waals surface area contributed by atoms with Crippen LogP contribution in [0.15, 0.2) is 18.2 Å². The maximum absolute atomic E-state index is 13.8. The summed E-state index contributed by atoms with van der Waals surface area (Å²) < 4.78 is 36.9. The van der Waals surface area contributed by atoms with Crippen molar-refractivity contribution < 1.29 is 32.8 Å². The number of hydrogen-bond donors (Lipinski definition) is 1. The van der Waals surface area contributed by atoms with Gasteiger partial charge in [-0.25, -0.2) is 4.57 Å². The van der Waals surface area contributed by atoms with Gasteiger partial charge in [-0.05, 0) is 85.8 Å². The van der Waals surface area contributed by atoms with Crippen LogP contribution in [0.1, 0.15) is 93.7 Å². The zero-order chi connectivity index (χ0) is 25.9. The molecule has 0 saturated carbocycles. The molecule has 1 rings (SSSR count). The van der Waals surface area contributed by atoms with Crippen LogP contribution in [0.4, 0.5) is 0 Å². The summed E-state index contributed by atoms with van der Waals surface area (Å²) in [4.78, 5) is 12.6. The first-order valence-corrected chi connectivity index (χ1v) is 12.8. The normalized spacial score (nSPS) is 13.7. The van der Waals surface area contributed by atoms with Crippen LogP contribution in [0, 0.1) is 0 Å². The van der Waals surface area contributed by atoms with Crippen LogP contribution in [0.2, 0.25) is 0 Å². The van der Waals surface area contributed by atoms with Crippen molar-refractivity contribution in [3.8, 4) is 5.75 Å². The monoisotopic (exact) mass is 486 g/mol. The summed E-state index contributed by atoms with van der Waals surface area (Å²) in [6.45, 7) is 19.8. The number of phosphoric acid groups is 1. The molecule has 0 radical (unpaired) electrons. The Bertz CT molecular complexity index is 835. The lowest BCUT2D eigenvalue weighted by Crippen LogP contribution is -2.28. The topological polar surface area (TPSA) is 91.3 Å². The number of phosphoric ester groups is 1. The lowest BCUT2D eigenvalue weighted by molar-refractivity contribution is -0.153. The molecule has 0 amide bonds. The minimum Gasteiger partial charge on any atom is -0.460 e. The molecule has 1 N–H and O–H groups in total. The van der Waals surface area contributed by atoms with E-state index in [-0.39, 0.29) is 24.7 Å². The van der Waals surface area contributed by atoms with E-state index in [1.165, 1.54) is 0 Å². The third kappa shape index (κ3) is 10.6. The van der Waals surface area contributed by atoms with E-state index < -0.39 is 30.0 Å². The number of aliphatic hydroxyl groups is 1. The molecule has 190 valence electrons. The highest BCUT2D eigenvalue weighted by atomic mass is 31.2. The van der Waals surface area contributed by atoms with Gasteiger partial charge < -0.3 is 14.4 Å². The maximum Gasteiger partial charge on any atom is 0.531 e. The van der Waals surface area contributed by atoms with E-state index in [9.17, 15) is 14.5 Å². The first kappa shape index (κ1) is 29.6. The average molecular weight is 487 g/mol. The van der Waals surface area contributed by atoms with Gasteiger partial charge in [-0.3, -0.25) is 13.8 Å². The molecule has 1 aromatic rings. The number of aliphatic hydroxyl groups excluding tert-OH is 1. The first-order chi connectivity index (χ1) is 14.7. The number of hydrogen-bond acceptors (Lipinski definition) is 7. The molecule has 0 aliphatic heterocycles. The van der Waals surface area contributed by atoms with Crippen molar-refractivity contribution in [2.75, 3.05) is 6.61 Å². The molecule has 7 nitrogen and oxygen atoms in total. The summed E-state index contributed by atoms with van der Waals surface area (Å²) in [6, 6.07) is 5.22. The molecule has 0 unspecified atom stereocenters. The highest BCUT2D eigenvalue weighted by Gasteiger charge is 2.40. The predicted octanol–water partition coefficient (Wildman–Crippen LogP) is 6.35. The quantitative estimate of drug-likeness (QED) is 0.321. The summed E-state index contributed by atoms with van der Waals surface area (Å²) in [5.41, 5.74) is -1.50. The third-order valence-corrected chi connectivity index (χ3v) is 6.23. The van der Waals surface area contributed by atoms with Crippen molar-refractivity contribution in [3.05, 3.63) is 29.3 Å². The number of esters is 1. The summed E-state index contributed by atoms with van der Waals surface area (Å²) >= 11 is 0. The molecule has 0 aliphatic carbocycles. The van der Waals surface area contributed by atoms with E-state index in [4.69, 9.17) is 18.3 Å². The third-order valence-electron chi connectivity index (χ3n) is 4.26. The Labute approximate surface area is 199 Å². The van der Waals surface area contributed by atoms with Crippen molar-refractivity contribution in [1.82, 2.24) is 0 Å². The zero-order valence-corrected chi connectivity index (χ0v) is 23.1. The molecular formula is C25H43O7P. The smallest absolute Gasteiger partial charge is 0.460 e. The fourth-order valence-electron chi connectivity index (χ4n) is 3.35. The summed E-state index contributed by atoms with van der Waals surface area (Å²) in [7, 11) is -4.07. The average Bonchev–Trinajstić information content (AvgIpc) is 2.48. The Kier molecular flexibility index (Phi) is 9.40. The van der Waals surface area contributed by atoms with Crippen molar-refractivity contribution in [2.45, 2.75) is 111 Å². The molecular weight excluding hydrogens is 443 g/mol. The van der Waals surface area contributed by atoms with Gasteiger partial charge in [0.15, 0.2) is 0 Å². The number of rotatable bonds is 9. The van der Waals surface area contributed by atoms with Crippen molar-refractivity contribution in [2.24, 2.45) is 0 Å². The molecule has 0 aromatic heterocycles. The molecule has 8 heteroatoms. The summed E-state index contributed by atoms with van der Waals surface area (Å²) in [5, 5.41) is 9.68. The lowest BCUT2D eigenvalue weighted by Gasteiger charge is -2.34. The van der Waals surface area contributed by atoms with Crippen molar-refractivity contribution in [1.29, 1.82) is 0 Å². The number of carbonyl (C=O) groups is 1. The van der Waals surface area contributed by atoms with E-state index in [1.807, 2.05) is 40.7 Å². The van der Waals surface area contributed by atoms with Gasteiger partial charge in [-0.1, -0.05) is 26.0 Å². The largest absolute Gasteiger partial charge is 0.531 e. The van der Waals surface area contributed by atoms with E-state index in [0.29, 0.717) is 17.5 Å². The van der Waals surface area contributed by atoms with Gasteiger partial charge in [-0.15, -0.1) is 0 Å². The number of ether oxygens (including phenoxy) is 1. The van der Waals surface area contributed by atoms with Crippen LogP contribution in [0.5, 0.6) is 5.75 Å². The van der Waals surface area contributed by atoms with Gasteiger partial charge in [-0.2, -0.15) is 0 Å². The van der Waals surface area contributed by atoms with Crippen LogP contribution in [0.25, 0.3) is 0 Å². The van der Waals surface area contributed by atoms with E-state index in [1.54, 1.807) is 53.7 Å². The summed E-state index contributed by atoms with van der Waals surface area (Å²) in [6.07, 6.45) is 0.405. The van der Waals surface area contributed by atoms with E-state index in [0.717, 1.165) is 0 Å². The number of carbonyl (C=O) groups excluding carboxylic acids is 1. The van der Waals surface area contributed by atoms with Gasteiger partial charge in [0.25, 0.3) is 0 Å². The second-order valence-corrected chi connectivity index (χ2v) is 13.3. The van der Waals surface area contributed by atoms with Crippen molar-refractivity contribution in [3.63, 3.8) is 0 Å². The minimum atomic E-state index is -4.07. The van der Waals surface area contributed by atoms with Crippen LogP contribution in [-0.2, 0) is 35.0 Å². The molecule has 1 aromatic carbocycles. The summed E-state index contributed by atoms with van der Waals surface area (Å²) in [5.74, 6) is -0.105. The van der Waals surface area contributed by atoms with Gasteiger partial charge in [0.2, 0.25) is 0 Å². The Balaban J connectivity index is 3.58. The number of benzene rings is 1. The second kappa shape index (κ2) is 10.5. The Hall–Kier alpha value is -1.40. The molecule has 0 spiro atoms. The van der Waals surface area contributed by atoms with Gasteiger partial charge in [0, 0.05) is 12.2 Å². The highest BCUT2D eigenvalue weighted by Crippen LogP contribution is 2.56. The van der Waals surface area contributed by atoms with Crippen LogP contribution >= 0.6 is 7.82 Å². The molecule has 0 saturated heterocycles. The Morgan fingerprint density at radius 1 is 0.879 bits per heavy atom. The van der Waals surface area contributed by atoms with Crippen LogP contribution in [-0.4, -0.2) is 34.5 Å². The van der Waals surface area contributed by atoms with Gasteiger partial charge >= 0.3 is 13.8 Å². The molecule has 33 heavy (non-hydrogen) atoms. The molecule has 0 aliphatic rings. The zero-order valence-electron chi connectivity index (χ0n) is 22.2. The van der Waals surface area contributed by atoms with Crippen LogP contribution in [0.3, 0.4) is 0 Å². The minimum absolute atomic E-state index is 0.00319. The molecule has 0 bridgehead atoms. The Morgan fingerprint density at radius 3 is 1.82 bits per heavy atom. The molecule has 0 atom stereocenters. The molecule has 0 fully saturated rings. The van der Waals surface area contributed by atoms with Gasteiger partial charge in [0.05, 0.1) is 17.6 Å². The standard InChI is InChI=1S/C25H43O7P/c1-22(2,3)29-20(27)17-18-13-12-14-19(21(18)25(10,11)15-16-26)30-33(28,31-23(4,5)6)32-24(7,8)9/h12-14,26H,15-17H2,1-11H3. The van der Waals surface area contributed by atoms with Gasteiger partial charge in [0.1, 0.15) is 11.4 Å².